The summed E-state index contributed by atoms with van der Waals surface area (Å²) in [6.07, 6.45) is 1.83. The molecule has 0 aromatic heterocycles. The molecule has 172 valence electrons. The van der Waals surface area contributed by atoms with Gasteiger partial charge in [-0.2, -0.15) is 0 Å². The van der Waals surface area contributed by atoms with Crippen LogP contribution in [0.5, 0.6) is 0 Å². The number of nitrogens with zero attached hydrogens (tertiary/aromatic N) is 3. The van der Waals surface area contributed by atoms with E-state index in [1.54, 1.807) is 6.08 Å². The number of benzene rings is 1. The number of urea groups is 1. The Kier molecular flexibility index (Phi) is 9.88. The first-order valence-electron chi connectivity index (χ1n) is 10.8. The van der Waals surface area contributed by atoms with Crippen molar-refractivity contribution in [1.29, 1.82) is 0 Å². The number of hydrogen-bond donors (Lipinski definition) is 0. The molecule has 0 bridgehead atoms. The van der Waals surface area contributed by atoms with Crippen LogP contribution >= 0.6 is 0 Å². The van der Waals surface area contributed by atoms with Crippen molar-refractivity contribution in [2.75, 3.05) is 33.2 Å². The van der Waals surface area contributed by atoms with E-state index >= 15 is 0 Å². The molecule has 1 unspecified atom stereocenters. The number of carbonyl (C=O) groups is 3. The summed E-state index contributed by atoms with van der Waals surface area (Å²) in [4.78, 5) is 43.1. The highest BCUT2D eigenvalue weighted by atomic mass is 127. The summed E-state index contributed by atoms with van der Waals surface area (Å²) in [6, 6.07) is 8.89. The van der Waals surface area contributed by atoms with Crippen LogP contribution in [0.1, 0.15) is 39.7 Å². The van der Waals surface area contributed by atoms with Crippen molar-refractivity contribution in [2.45, 2.75) is 40.7 Å². The largest absolute Gasteiger partial charge is 1.00 e. The van der Waals surface area contributed by atoms with E-state index in [9.17, 15) is 14.4 Å². The Balaban J connectivity index is 0.00000480. The molecular formula is C24H36IN3O3. The molecule has 0 radical (unpaired) electrons. The minimum absolute atomic E-state index is 0. The molecule has 1 heterocycles. The fraction of sp³-hybridized carbons (Fsp3) is 0.542. The zero-order valence-electron chi connectivity index (χ0n) is 19.4. The maximum Gasteiger partial charge on any atom is 0.333 e. The predicted octanol–water partition coefficient (Wildman–Crippen LogP) is 0.686. The Bertz CT molecular complexity index is 793. The van der Waals surface area contributed by atoms with E-state index in [4.69, 9.17) is 0 Å². The average Bonchev–Trinajstić information content (AvgIpc) is 2.74. The van der Waals surface area contributed by atoms with Gasteiger partial charge in [-0.15, -0.1) is 6.58 Å². The Hall–Kier alpha value is -1.74. The summed E-state index contributed by atoms with van der Waals surface area (Å²) in [5.74, 6) is -1.08. The van der Waals surface area contributed by atoms with Gasteiger partial charge in [-0.05, 0) is 31.7 Å². The minimum Gasteiger partial charge on any atom is -1.00 e. The molecule has 0 N–H and O–H groups in total. The Morgan fingerprint density at radius 1 is 1.03 bits per heavy atom. The summed E-state index contributed by atoms with van der Waals surface area (Å²) in [7, 11) is 2.12. The summed E-state index contributed by atoms with van der Waals surface area (Å²) >= 11 is 0. The highest BCUT2D eigenvalue weighted by molar-refractivity contribution is 6.19. The number of allylic oxidation sites excluding steroid dienone is 1. The number of hydrogen-bond acceptors (Lipinski definition) is 3. The van der Waals surface area contributed by atoms with Crippen LogP contribution in [0.25, 0.3) is 0 Å². The van der Waals surface area contributed by atoms with E-state index in [-0.39, 0.29) is 42.9 Å². The van der Waals surface area contributed by atoms with Crippen LogP contribution in [0.2, 0.25) is 0 Å². The fourth-order valence-electron chi connectivity index (χ4n) is 4.01. The second-order valence-electron chi connectivity index (χ2n) is 8.71. The molecule has 4 amide bonds. The number of imide groups is 2. The van der Waals surface area contributed by atoms with E-state index in [1.807, 2.05) is 44.2 Å². The SMILES string of the molecule is C=CCC1(C(C)C)C(=O)N(CC[N+](C)(CC)CC)C(=O)N(Cc2ccccc2)C1=O.[I-]. The lowest BCUT2D eigenvalue weighted by molar-refractivity contribution is -0.905. The number of quaternary nitrogens is 1. The van der Waals surface area contributed by atoms with Gasteiger partial charge in [0.2, 0.25) is 11.8 Å². The number of likely N-dealkylation sites (N-methyl/N-ethyl adjacent to an activating group) is 1. The lowest BCUT2D eigenvalue weighted by atomic mass is 9.70. The molecule has 1 aromatic carbocycles. The van der Waals surface area contributed by atoms with Crippen LogP contribution in [0.4, 0.5) is 4.79 Å². The molecule has 0 aliphatic carbocycles. The molecule has 0 saturated carbocycles. The van der Waals surface area contributed by atoms with Crippen LogP contribution in [0.3, 0.4) is 0 Å². The molecule has 1 aliphatic rings. The number of amides is 4. The van der Waals surface area contributed by atoms with Gasteiger partial charge in [0, 0.05) is 0 Å². The van der Waals surface area contributed by atoms with Gasteiger partial charge in [0.15, 0.2) is 0 Å². The highest BCUT2D eigenvalue weighted by Crippen LogP contribution is 2.40. The third kappa shape index (κ3) is 5.37. The topological polar surface area (TPSA) is 57.7 Å². The van der Waals surface area contributed by atoms with Crippen LogP contribution in [-0.4, -0.2) is 65.4 Å². The van der Waals surface area contributed by atoms with Gasteiger partial charge in [0.05, 0.1) is 39.8 Å². The molecule has 0 spiro atoms. The average molecular weight is 541 g/mol. The summed E-state index contributed by atoms with van der Waals surface area (Å²) < 4.78 is 0.750. The zero-order chi connectivity index (χ0) is 22.5. The van der Waals surface area contributed by atoms with E-state index in [0.717, 1.165) is 23.1 Å². The van der Waals surface area contributed by atoms with E-state index in [2.05, 4.69) is 27.5 Å². The van der Waals surface area contributed by atoms with E-state index < -0.39 is 23.3 Å². The highest BCUT2D eigenvalue weighted by Gasteiger charge is 2.58. The van der Waals surface area contributed by atoms with Gasteiger partial charge < -0.3 is 28.5 Å². The smallest absolute Gasteiger partial charge is 0.333 e. The molecule has 1 aromatic rings. The van der Waals surface area contributed by atoms with Gasteiger partial charge in [-0.25, -0.2) is 4.79 Å². The molecule has 1 fully saturated rings. The molecule has 31 heavy (non-hydrogen) atoms. The van der Waals surface area contributed by atoms with Crippen molar-refractivity contribution in [3.63, 3.8) is 0 Å². The monoisotopic (exact) mass is 541 g/mol. The van der Waals surface area contributed by atoms with E-state index in [1.165, 1.54) is 9.80 Å². The first-order chi connectivity index (χ1) is 14.2. The normalized spacial score (nSPS) is 19.6. The number of rotatable bonds is 10. The zero-order valence-corrected chi connectivity index (χ0v) is 21.6. The minimum atomic E-state index is -1.30. The quantitative estimate of drug-likeness (QED) is 0.190. The fourth-order valence-corrected chi connectivity index (χ4v) is 4.01. The second kappa shape index (κ2) is 11.2. The van der Waals surface area contributed by atoms with Crippen LogP contribution in [-0.2, 0) is 16.1 Å². The van der Waals surface area contributed by atoms with Crippen LogP contribution < -0.4 is 24.0 Å². The third-order valence-electron chi connectivity index (χ3n) is 6.74. The first kappa shape index (κ1) is 27.3. The summed E-state index contributed by atoms with van der Waals surface area (Å²) in [5, 5.41) is 0. The number of barbiturate groups is 1. The molecular weight excluding hydrogens is 505 g/mol. The molecule has 2 rings (SSSR count). The van der Waals surface area contributed by atoms with Crippen molar-refractivity contribution in [3.8, 4) is 0 Å². The molecule has 1 atom stereocenters. The Morgan fingerprint density at radius 3 is 2.06 bits per heavy atom. The Morgan fingerprint density at radius 2 is 1.58 bits per heavy atom. The first-order valence-corrected chi connectivity index (χ1v) is 10.8. The van der Waals surface area contributed by atoms with Crippen LogP contribution in [0, 0.1) is 11.3 Å². The summed E-state index contributed by atoms with van der Waals surface area (Å²) in [5.41, 5.74) is -0.445. The predicted molar refractivity (Wildman–Crippen MR) is 118 cm³/mol. The third-order valence-corrected chi connectivity index (χ3v) is 6.74. The second-order valence-corrected chi connectivity index (χ2v) is 8.71. The van der Waals surface area contributed by atoms with Crippen molar-refractivity contribution in [2.24, 2.45) is 11.3 Å². The molecule has 6 nitrogen and oxygen atoms in total. The van der Waals surface area contributed by atoms with Crippen molar-refractivity contribution in [1.82, 2.24) is 9.80 Å². The lowest BCUT2D eigenvalue weighted by Crippen LogP contribution is -3.00. The maximum absolute atomic E-state index is 13.6. The van der Waals surface area contributed by atoms with Gasteiger partial charge >= 0.3 is 6.03 Å². The van der Waals surface area contributed by atoms with Crippen molar-refractivity contribution >= 4 is 17.8 Å². The Labute approximate surface area is 203 Å². The molecule has 1 saturated heterocycles. The summed E-state index contributed by atoms with van der Waals surface area (Å²) in [6.45, 7) is 14.6. The maximum atomic E-state index is 13.6. The van der Waals surface area contributed by atoms with Gasteiger partial charge in [0.25, 0.3) is 0 Å². The van der Waals surface area contributed by atoms with Gasteiger partial charge in [0.1, 0.15) is 5.41 Å². The van der Waals surface area contributed by atoms with E-state index in [0.29, 0.717) is 13.1 Å². The molecule has 7 heteroatoms. The van der Waals surface area contributed by atoms with Crippen molar-refractivity contribution < 1.29 is 42.8 Å². The standard InChI is InChI=1S/C24H36N3O3.HI/c1-7-15-24(19(4)5)21(28)25(16-17-27(6,8-2)9-3)23(30)26(22(24)29)18-20-13-11-10-12-14-20;/h7,10-14,19H,1,8-9,15-18H2,2-6H3;1H/q+1;/p-1. The molecule has 1 aliphatic heterocycles. The lowest BCUT2D eigenvalue weighted by Gasteiger charge is -2.46. The van der Waals surface area contributed by atoms with Gasteiger partial charge in [-0.3, -0.25) is 19.4 Å². The number of halogens is 1. The number of carbonyl (C=O) groups excluding carboxylic acids is 3. The van der Waals surface area contributed by atoms with Crippen LogP contribution in [0.15, 0.2) is 43.0 Å². The van der Waals surface area contributed by atoms with Gasteiger partial charge in [-0.1, -0.05) is 50.3 Å². The van der Waals surface area contributed by atoms with Crippen molar-refractivity contribution in [3.05, 3.63) is 48.6 Å².